The Balaban J connectivity index is 2.05. The van der Waals surface area contributed by atoms with Gasteiger partial charge in [-0.1, -0.05) is 6.92 Å². The van der Waals surface area contributed by atoms with Gasteiger partial charge in [0.15, 0.2) is 0 Å². The second kappa shape index (κ2) is 7.60. The van der Waals surface area contributed by atoms with Crippen LogP contribution in [-0.2, 0) is 11.3 Å². The Kier molecular flexibility index (Phi) is 5.80. The van der Waals surface area contributed by atoms with Gasteiger partial charge < -0.3 is 15.0 Å². The standard InChI is InChI=1S/C16H25FN2O/c1-3-18-10-14-9-15(17)6-7-16(14)19(2)11-13-5-4-8-20-12-13/h6-7,9,13,18H,3-5,8,10-12H2,1-2H3. The summed E-state index contributed by atoms with van der Waals surface area (Å²) < 4.78 is 19.0. The van der Waals surface area contributed by atoms with E-state index in [4.69, 9.17) is 4.74 Å². The van der Waals surface area contributed by atoms with Gasteiger partial charge in [0, 0.05) is 32.4 Å². The summed E-state index contributed by atoms with van der Waals surface area (Å²) in [6, 6.07) is 5.05. The lowest BCUT2D eigenvalue weighted by atomic mass is 10.0. The second-order valence-electron chi connectivity index (χ2n) is 5.52. The van der Waals surface area contributed by atoms with Crippen molar-refractivity contribution in [3.8, 4) is 0 Å². The number of rotatable bonds is 6. The highest BCUT2D eigenvalue weighted by Gasteiger charge is 2.17. The highest BCUT2D eigenvalue weighted by atomic mass is 19.1. The summed E-state index contributed by atoms with van der Waals surface area (Å²) in [6.07, 6.45) is 2.36. The van der Waals surface area contributed by atoms with Crippen molar-refractivity contribution in [3.05, 3.63) is 29.6 Å². The van der Waals surface area contributed by atoms with E-state index in [1.807, 2.05) is 6.07 Å². The smallest absolute Gasteiger partial charge is 0.123 e. The molecule has 0 radical (unpaired) electrons. The van der Waals surface area contributed by atoms with E-state index >= 15 is 0 Å². The molecular weight excluding hydrogens is 255 g/mol. The maximum atomic E-state index is 13.4. The monoisotopic (exact) mass is 280 g/mol. The first-order valence-corrected chi connectivity index (χ1v) is 7.48. The van der Waals surface area contributed by atoms with Crippen LogP contribution in [0, 0.1) is 11.7 Å². The van der Waals surface area contributed by atoms with Crippen molar-refractivity contribution in [1.82, 2.24) is 5.32 Å². The first-order valence-electron chi connectivity index (χ1n) is 7.48. The third-order valence-electron chi connectivity index (χ3n) is 3.80. The maximum Gasteiger partial charge on any atom is 0.123 e. The Hall–Kier alpha value is -1.13. The molecule has 3 nitrogen and oxygen atoms in total. The molecule has 112 valence electrons. The van der Waals surface area contributed by atoms with Gasteiger partial charge in [0.25, 0.3) is 0 Å². The van der Waals surface area contributed by atoms with Crippen molar-refractivity contribution >= 4 is 5.69 Å². The number of ether oxygens (including phenoxy) is 1. The van der Waals surface area contributed by atoms with Crippen molar-refractivity contribution in [2.45, 2.75) is 26.3 Å². The zero-order valence-corrected chi connectivity index (χ0v) is 12.5. The van der Waals surface area contributed by atoms with Crippen LogP contribution in [0.1, 0.15) is 25.3 Å². The van der Waals surface area contributed by atoms with E-state index in [9.17, 15) is 4.39 Å². The number of nitrogens with one attached hydrogen (secondary N) is 1. The van der Waals surface area contributed by atoms with Crippen LogP contribution in [0.3, 0.4) is 0 Å². The summed E-state index contributed by atoms with van der Waals surface area (Å²) in [5.41, 5.74) is 2.13. The van der Waals surface area contributed by atoms with Gasteiger partial charge in [0.2, 0.25) is 0 Å². The predicted molar refractivity (Wildman–Crippen MR) is 80.6 cm³/mol. The number of hydrogen-bond acceptors (Lipinski definition) is 3. The molecule has 1 heterocycles. The first kappa shape index (κ1) is 15.3. The molecule has 1 saturated heterocycles. The number of nitrogens with zero attached hydrogens (tertiary/aromatic N) is 1. The molecule has 4 heteroatoms. The highest BCUT2D eigenvalue weighted by Crippen LogP contribution is 2.23. The minimum Gasteiger partial charge on any atom is -0.381 e. The Labute approximate surface area is 121 Å². The Morgan fingerprint density at radius 3 is 3.00 bits per heavy atom. The molecule has 0 bridgehead atoms. The van der Waals surface area contributed by atoms with E-state index in [2.05, 4.69) is 24.2 Å². The molecule has 1 aliphatic rings. The first-order chi connectivity index (χ1) is 9.70. The van der Waals surface area contributed by atoms with Crippen LogP contribution in [-0.4, -0.2) is 33.4 Å². The lowest BCUT2D eigenvalue weighted by Gasteiger charge is -2.29. The average Bonchev–Trinajstić information content (AvgIpc) is 2.46. The van der Waals surface area contributed by atoms with E-state index in [0.717, 1.165) is 44.0 Å². The fraction of sp³-hybridized carbons (Fsp3) is 0.625. The largest absolute Gasteiger partial charge is 0.381 e. The van der Waals surface area contributed by atoms with E-state index < -0.39 is 0 Å². The summed E-state index contributed by atoms with van der Waals surface area (Å²) in [6.45, 7) is 6.34. The highest BCUT2D eigenvalue weighted by molar-refractivity contribution is 5.53. The van der Waals surface area contributed by atoms with Gasteiger partial charge >= 0.3 is 0 Å². The average molecular weight is 280 g/mol. The third-order valence-corrected chi connectivity index (χ3v) is 3.80. The van der Waals surface area contributed by atoms with Crippen molar-refractivity contribution in [1.29, 1.82) is 0 Å². The zero-order chi connectivity index (χ0) is 14.4. The number of hydrogen-bond donors (Lipinski definition) is 1. The van der Waals surface area contributed by atoms with Crippen LogP contribution in [0.2, 0.25) is 0 Å². The fourth-order valence-electron chi connectivity index (χ4n) is 2.76. The van der Waals surface area contributed by atoms with Gasteiger partial charge in [-0.05, 0) is 49.1 Å². The summed E-state index contributed by atoms with van der Waals surface area (Å²) in [7, 11) is 2.08. The normalized spacial score (nSPS) is 19.1. The molecule has 1 aliphatic heterocycles. The second-order valence-corrected chi connectivity index (χ2v) is 5.52. The summed E-state index contributed by atoms with van der Waals surface area (Å²) in [5, 5.41) is 3.27. The summed E-state index contributed by atoms with van der Waals surface area (Å²) >= 11 is 0. The van der Waals surface area contributed by atoms with Gasteiger partial charge in [-0.2, -0.15) is 0 Å². The number of halogens is 1. The summed E-state index contributed by atoms with van der Waals surface area (Å²) in [4.78, 5) is 2.23. The van der Waals surface area contributed by atoms with Crippen LogP contribution in [0.15, 0.2) is 18.2 Å². The lowest BCUT2D eigenvalue weighted by molar-refractivity contribution is 0.0576. The van der Waals surface area contributed by atoms with E-state index in [1.54, 1.807) is 12.1 Å². The molecular formula is C16H25FN2O. The van der Waals surface area contributed by atoms with Crippen LogP contribution >= 0.6 is 0 Å². The molecule has 1 unspecified atom stereocenters. The fourth-order valence-corrected chi connectivity index (χ4v) is 2.76. The van der Waals surface area contributed by atoms with Gasteiger partial charge in [0.1, 0.15) is 5.82 Å². The Morgan fingerprint density at radius 1 is 1.45 bits per heavy atom. The van der Waals surface area contributed by atoms with Crippen LogP contribution < -0.4 is 10.2 Å². The molecule has 20 heavy (non-hydrogen) atoms. The number of anilines is 1. The van der Waals surface area contributed by atoms with E-state index in [1.165, 1.54) is 6.42 Å². The molecule has 0 aliphatic carbocycles. The maximum absolute atomic E-state index is 13.4. The van der Waals surface area contributed by atoms with Gasteiger partial charge in [-0.25, -0.2) is 4.39 Å². The van der Waals surface area contributed by atoms with Gasteiger partial charge in [0.05, 0.1) is 6.61 Å². The molecule has 1 aromatic carbocycles. The van der Waals surface area contributed by atoms with E-state index in [0.29, 0.717) is 12.5 Å². The van der Waals surface area contributed by atoms with Crippen molar-refractivity contribution in [3.63, 3.8) is 0 Å². The van der Waals surface area contributed by atoms with E-state index in [-0.39, 0.29) is 5.82 Å². The lowest BCUT2D eigenvalue weighted by Crippen LogP contribution is -2.31. The van der Waals surface area contributed by atoms with Crippen LogP contribution in [0.4, 0.5) is 10.1 Å². The topological polar surface area (TPSA) is 24.5 Å². The van der Waals surface area contributed by atoms with Crippen LogP contribution in [0.25, 0.3) is 0 Å². The van der Waals surface area contributed by atoms with Crippen molar-refractivity contribution in [2.75, 3.05) is 38.3 Å². The molecule has 1 atom stereocenters. The quantitative estimate of drug-likeness (QED) is 0.867. The zero-order valence-electron chi connectivity index (χ0n) is 12.5. The number of benzene rings is 1. The Morgan fingerprint density at radius 2 is 2.30 bits per heavy atom. The third kappa shape index (κ3) is 4.18. The molecule has 2 rings (SSSR count). The molecule has 1 aromatic rings. The molecule has 0 saturated carbocycles. The molecule has 0 aromatic heterocycles. The molecule has 0 amide bonds. The molecule has 1 fully saturated rings. The SMILES string of the molecule is CCNCc1cc(F)ccc1N(C)CC1CCCOC1. The molecule has 1 N–H and O–H groups in total. The van der Waals surface area contributed by atoms with Gasteiger partial charge in [-0.15, -0.1) is 0 Å². The Bertz CT molecular complexity index is 419. The minimum absolute atomic E-state index is 0.170. The van der Waals surface area contributed by atoms with Crippen LogP contribution in [0.5, 0.6) is 0 Å². The van der Waals surface area contributed by atoms with Crippen molar-refractivity contribution < 1.29 is 9.13 Å². The van der Waals surface area contributed by atoms with Crippen molar-refractivity contribution in [2.24, 2.45) is 5.92 Å². The minimum atomic E-state index is -0.170. The molecule has 0 spiro atoms. The van der Waals surface area contributed by atoms with Gasteiger partial charge in [-0.3, -0.25) is 0 Å². The predicted octanol–water partition coefficient (Wildman–Crippen LogP) is 2.80. The summed E-state index contributed by atoms with van der Waals surface area (Å²) in [5.74, 6) is 0.404.